The third-order valence-corrected chi connectivity index (χ3v) is 6.32. The number of hydrogen-bond donors (Lipinski definition) is 4. The first-order chi connectivity index (χ1) is 17.1. The molecule has 36 heavy (non-hydrogen) atoms. The molecule has 5 N–H and O–H groups in total. The van der Waals surface area contributed by atoms with Crippen LogP contribution in [0.4, 0.5) is 19.0 Å². The van der Waals surface area contributed by atoms with E-state index in [2.05, 4.69) is 26.9 Å². The number of nitrogens with two attached hydrogens (primary N) is 1. The van der Waals surface area contributed by atoms with Gasteiger partial charge < -0.3 is 16.4 Å². The first kappa shape index (κ1) is 27.2. The van der Waals surface area contributed by atoms with E-state index in [-0.39, 0.29) is 23.2 Å². The summed E-state index contributed by atoms with van der Waals surface area (Å²) < 4.78 is 37.2. The van der Waals surface area contributed by atoms with Gasteiger partial charge in [-0.1, -0.05) is 24.3 Å². The fourth-order valence-corrected chi connectivity index (χ4v) is 4.18. The second kappa shape index (κ2) is 12.5. The zero-order valence-electron chi connectivity index (χ0n) is 19.9. The summed E-state index contributed by atoms with van der Waals surface area (Å²) in [5.41, 5.74) is 6.48. The van der Waals surface area contributed by atoms with Crippen molar-refractivity contribution >= 4 is 17.6 Å². The molecule has 2 aliphatic carbocycles. The molecule has 0 atom stereocenters. The number of amides is 2. The van der Waals surface area contributed by atoms with Crippen molar-refractivity contribution in [3.05, 3.63) is 47.2 Å². The highest BCUT2D eigenvalue weighted by molar-refractivity contribution is 6.02. The molecule has 1 aromatic carbocycles. The maximum atomic E-state index is 12.4. The average Bonchev–Trinajstić information content (AvgIpc) is 3.57. The molecule has 8 nitrogen and oxygen atoms in total. The molecule has 194 valence electrons. The minimum Gasteiger partial charge on any atom is -0.365 e. The summed E-state index contributed by atoms with van der Waals surface area (Å²) >= 11 is 0. The number of benzene rings is 1. The molecule has 2 aliphatic rings. The Labute approximate surface area is 207 Å². The fourth-order valence-electron chi connectivity index (χ4n) is 4.18. The van der Waals surface area contributed by atoms with Crippen LogP contribution < -0.4 is 16.4 Å². The second-order valence-electron chi connectivity index (χ2n) is 9.36. The Morgan fingerprint density at radius 1 is 1.14 bits per heavy atom. The van der Waals surface area contributed by atoms with Gasteiger partial charge in [0.25, 0.3) is 5.91 Å². The molecule has 2 aromatic rings. The molecule has 0 radical (unpaired) electrons. The third-order valence-electron chi connectivity index (χ3n) is 6.32. The van der Waals surface area contributed by atoms with E-state index >= 15 is 0 Å². The van der Waals surface area contributed by atoms with E-state index in [9.17, 15) is 22.8 Å². The highest BCUT2D eigenvalue weighted by Crippen LogP contribution is 2.30. The Balaban J connectivity index is 0.000000221. The predicted octanol–water partition coefficient (Wildman–Crippen LogP) is 4.21. The van der Waals surface area contributed by atoms with Gasteiger partial charge in [0.1, 0.15) is 11.4 Å². The van der Waals surface area contributed by atoms with E-state index in [0.717, 1.165) is 44.1 Å². The Hall–Kier alpha value is -3.39. The Morgan fingerprint density at radius 3 is 2.44 bits per heavy atom. The number of H-pyrrole nitrogens is 1. The van der Waals surface area contributed by atoms with Crippen molar-refractivity contribution in [1.29, 1.82) is 5.26 Å². The van der Waals surface area contributed by atoms with Crippen LogP contribution in [0.1, 0.15) is 66.4 Å². The number of nitriles is 1. The fraction of sp³-hybridized carbons (Fsp3) is 0.520. The number of carbonyl (C=O) groups excluding carboxylic acids is 2. The van der Waals surface area contributed by atoms with Crippen molar-refractivity contribution in [2.45, 2.75) is 70.1 Å². The average molecular weight is 505 g/mol. The topological polar surface area (TPSA) is 137 Å². The summed E-state index contributed by atoms with van der Waals surface area (Å²) in [6.45, 7) is 0.597. The molecule has 0 aliphatic heterocycles. The van der Waals surface area contributed by atoms with Crippen LogP contribution in [0.5, 0.6) is 0 Å². The highest BCUT2D eigenvalue weighted by Gasteiger charge is 2.30. The van der Waals surface area contributed by atoms with E-state index in [1.54, 1.807) is 12.1 Å². The van der Waals surface area contributed by atoms with Crippen LogP contribution >= 0.6 is 0 Å². The van der Waals surface area contributed by atoms with Crippen molar-refractivity contribution < 1.29 is 22.8 Å². The molecule has 0 saturated heterocycles. The summed E-state index contributed by atoms with van der Waals surface area (Å²) in [5.74, 6) is 0.188. The standard InChI is InChI=1S/C17H21F3N2.C8H10N4O2/c18-17(19,20)11-14-2-1-3-15(10-14)12-22-16-6-4-13(5-7-16)8-9-21;9-6(13)5-3-10-12-7(5)11-8(14)4-1-2-4/h1-3,10,13,16,22H,4-8,11-12H2;3-4H,1-2H2,(H2,9,13)(H2,10,11,12,14). The number of nitrogens with one attached hydrogen (secondary N) is 3. The molecule has 11 heteroatoms. The van der Waals surface area contributed by atoms with Gasteiger partial charge in [-0.3, -0.25) is 14.7 Å². The van der Waals surface area contributed by atoms with Gasteiger partial charge >= 0.3 is 6.18 Å². The number of carbonyl (C=O) groups is 2. The van der Waals surface area contributed by atoms with Gasteiger partial charge in [-0.15, -0.1) is 0 Å². The van der Waals surface area contributed by atoms with Crippen molar-refractivity contribution in [3.8, 4) is 6.07 Å². The number of nitrogens with zero attached hydrogens (tertiary/aromatic N) is 2. The van der Waals surface area contributed by atoms with Crippen molar-refractivity contribution in [2.75, 3.05) is 5.32 Å². The maximum absolute atomic E-state index is 12.4. The molecule has 2 amide bonds. The molecule has 2 saturated carbocycles. The van der Waals surface area contributed by atoms with Gasteiger partial charge in [-0.2, -0.15) is 23.5 Å². The summed E-state index contributed by atoms with van der Waals surface area (Å²) in [5, 5.41) is 20.9. The lowest BCUT2D eigenvalue weighted by atomic mass is 9.84. The molecule has 0 spiro atoms. The van der Waals surface area contributed by atoms with E-state index in [1.165, 1.54) is 12.3 Å². The minimum absolute atomic E-state index is 0.0824. The Morgan fingerprint density at radius 2 is 1.83 bits per heavy atom. The van der Waals surface area contributed by atoms with Gasteiger partial charge in [-0.05, 0) is 55.6 Å². The van der Waals surface area contributed by atoms with Crippen molar-refractivity contribution in [1.82, 2.24) is 15.5 Å². The SMILES string of the molecule is N#CCC1CCC(NCc2cccc(CC(F)(F)F)c2)CC1.NC(=O)c1cn[nH]c1NC(=O)C1CC1. The number of anilines is 1. The smallest absolute Gasteiger partial charge is 0.365 e. The molecule has 0 bridgehead atoms. The highest BCUT2D eigenvalue weighted by atomic mass is 19.4. The number of alkyl halides is 3. The minimum atomic E-state index is -4.16. The Bertz CT molecular complexity index is 1070. The van der Waals surface area contributed by atoms with Crippen LogP contribution in [0, 0.1) is 23.2 Å². The van der Waals surface area contributed by atoms with Gasteiger partial charge in [0.05, 0.1) is 18.7 Å². The molecule has 2 fully saturated rings. The van der Waals surface area contributed by atoms with E-state index in [1.807, 2.05) is 6.07 Å². The van der Waals surface area contributed by atoms with Gasteiger partial charge in [-0.25, -0.2) is 0 Å². The molecule has 0 unspecified atom stereocenters. The van der Waals surface area contributed by atoms with Crippen LogP contribution in [-0.4, -0.2) is 34.2 Å². The molecular weight excluding hydrogens is 473 g/mol. The van der Waals surface area contributed by atoms with Crippen LogP contribution in [0.3, 0.4) is 0 Å². The Kier molecular flexibility index (Phi) is 9.47. The normalized spacial score (nSPS) is 19.5. The molecule has 1 aromatic heterocycles. The summed E-state index contributed by atoms with van der Waals surface area (Å²) in [7, 11) is 0. The molecule has 1 heterocycles. The lowest BCUT2D eigenvalue weighted by Crippen LogP contribution is -2.32. The lowest BCUT2D eigenvalue weighted by Gasteiger charge is -2.28. The molecular formula is C25H31F3N6O2. The van der Waals surface area contributed by atoms with Gasteiger partial charge in [0.2, 0.25) is 5.91 Å². The number of primary amides is 1. The summed E-state index contributed by atoms with van der Waals surface area (Å²) in [4.78, 5) is 22.2. The zero-order valence-corrected chi connectivity index (χ0v) is 19.9. The van der Waals surface area contributed by atoms with Crippen LogP contribution in [-0.2, 0) is 17.8 Å². The van der Waals surface area contributed by atoms with Crippen molar-refractivity contribution in [3.63, 3.8) is 0 Å². The van der Waals surface area contributed by atoms with Crippen LogP contribution in [0.2, 0.25) is 0 Å². The van der Waals surface area contributed by atoms with E-state index in [0.29, 0.717) is 30.5 Å². The van der Waals surface area contributed by atoms with Gasteiger partial charge in [0.15, 0.2) is 0 Å². The quantitative estimate of drug-likeness (QED) is 0.427. The van der Waals surface area contributed by atoms with Gasteiger partial charge in [0, 0.05) is 24.9 Å². The third kappa shape index (κ3) is 9.00. The number of hydrogen-bond acceptors (Lipinski definition) is 5. The first-order valence-electron chi connectivity index (χ1n) is 12.0. The lowest BCUT2D eigenvalue weighted by molar-refractivity contribution is -0.127. The number of aromatic nitrogens is 2. The summed E-state index contributed by atoms with van der Waals surface area (Å²) in [6.07, 6.45) is 2.89. The largest absolute Gasteiger partial charge is 0.393 e. The number of halogens is 3. The summed E-state index contributed by atoms with van der Waals surface area (Å²) in [6, 6.07) is 9.31. The number of aromatic amines is 1. The maximum Gasteiger partial charge on any atom is 0.393 e. The molecule has 4 rings (SSSR count). The van der Waals surface area contributed by atoms with Crippen LogP contribution in [0.15, 0.2) is 30.5 Å². The predicted molar refractivity (Wildman–Crippen MR) is 127 cm³/mol. The van der Waals surface area contributed by atoms with E-state index in [4.69, 9.17) is 11.0 Å². The second-order valence-corrected chi connectivity index (χ2v) is 9.36. The van der Waals surface area contributed by atoms with Crippen molar-refractivity contribution in [2.24, 2.45) is 17.6 Å². The van der Waals surface area contributed by atoms with Crippen LogP contribution in [0.25, 0.3) is 0 Å². The number of rotatable bonds is 8. The zero-order chi connectivity index (χ0) is 26.1. The monoisotopic (exact) mass is 504 g/mol. The first-order valence-corrected chi connectivity index (χ1v) is 12.0. The van der Waals surface area contributed by atoms with E-state index < -0.39 is 18.5 Å².